The Morgan fingerprint density at radius 2 is 2.10 bits per heavy atom. The minimum atomic E-state index is -4.40. The fourth-order valence-electron chi connectivity index (χ4n) is 2.40. The zero-order valence-electron chi connectivity index (χ0n) is 11.2. The van der Waals surface area contributed by atoms with Crippen molar-refractivity contribution in [2.45, 2.75) is 32.0 Å². The molecular weight excluding hydrogens is 273 g/mol. The van der Waals surface area contributed by atoms with Crippen LogP contribution in [0.4, 0.5) is 13.2 Å². The molecule has 0 unspecified atom stereocenters. The highest BCUT2D eigenvalue weighted by molar-refractivity contribution is 5.94. The van der Waals surface area contributed by atoms with Crippen molar-refractivity contribution in [3.05, 3.63) is 23.7 Å². The molecule has 1 aromatic heterocycles. The number of halogens is 3. The van der Waals surface area contributed by atoms with Crippen LogP contribution >= 0.6 is 0 Å². The second kappa shape index (κ2) is 5.87. The van der Waals surface area contributed by atoms with Gasteiger partial charge in [0.2, 0.25) is 0 Å². The van der Waals surface area contributed by atoms with E-state index in [0.717, 1.165) is 4.90 Å². The van der Waals surface area contributed by atoms with Crippen LogP contribution in [-0.4, -0.2) is 42.7 Å². The number of alkyl halides is 3. The lowest BCUT2D eigenvalue weighted by Gasteiger charge is -2.34. The molecule has 1 aliphatic rings. The van der Waals surface area contributed by atoms with Crippen LogP contribution in [0.15, 0.2) is 16.7 Å². The molecule has 1 amide bonds. The van der Waals surface area contributed by atoms with Gasteiger partial charge in [0.25, 0.3) is 5.91 Å². The minimum Gasteiger partial charge on any atom is -0.469 e. The van der Waals surface area contributed by atoms with Gasteiger partial charge < -0.3 is 14.6 Å². The standard InChI is InChI=1S/C13H17F3N2O2/c1-9-6-10(7-20-9)12(19)18(8-13(14,15)16)11-2-4-17-5-3-11/h6-7,11,17H,2-5,8H2,1H3. The predicted molar refractivity (Wildman–Crippen MR) is 66.4 cm³/mol. The van der Waals surface area contributed by atoms with Crippen molar-refractivity contribution in [1.29, 1.82) is 0 Å². The molecule has 0 bridgehead atoms. The van der Waals surface area contributed by atoms with E-state index in [1.807, 2.05) is 0 Å². The summed E-state index contributed by atoms with van der Waals surface area (Å²) in [7, 11) is 0. The summed E-state index contributed by atoms with van der Waals surface area (Å²) in [5.41, 5.74) is 0.172. The maximum absolute atomic E-state index is 12.7. The third-order valence-corrected chi connectivity index (χ3v) is 3.34. The maximum atomic E-state index is 12.7. The SMILES string of the molecule is Cc1cc(C(=O)N(CC(F)(F)F)C2CCNCC2)co1. The number of nitrogens with one attached hydrogen (secondary N) is 1. The van der Waals surface area contributed by atoms with Gasteiger partial charge in [-0.2, -0.15) is 13.2 Å². The molecular formula is C13H17F3N2O2. The second-order valence-electron chi connectivity index (χ2n) is 4.98. The number of amides is 1. The molecule has 2 rings (SSSR count). The molecule has 0 spiro atoms. The first-order chi connectivity index (χ1) is 9.37. The van der Waals surface area contributed by atoms with Gasteiger partial charge in [0.1, 0.15) is 18.6 Å². The number of aryl methyl sites for hydroxylation is 1. The monoisotopic (exact) mass is 290 g/mol. The van der Waals surface area contributed by atoms with Gasteiger partial charge in [-0.1, -0.05) is 0 Å². The number of hydrogen-bond donors (Lipinski definition) is 1. The van der Waals surface area contributed by atoms with Crippen molar-refractivity contribution >= 4 is 5.91 Å². The van der Waals surface area contributed by atoms with Crippen molar-refractivity contribution in [2.24, 2.45) is 0 Å². The van der Waals surface area contributed by atoms with Gasteiger partial charge in [-0.25, -0.2) is 0 Å². The van der Waals surface area contributed by atoms with Crippen LogP contribution in [0, 0.1) is 6.92 Å². The molecule has 1 aromatic rings. The molecule has 1 N–H and O–H groups in total. The lowest BCUT2D eigenvalue weighted by atomic mass is 10.0. The molecule has 1 aliphatic heterocycles. The zero-order valence-corrected chi connectivity index (χ0v) is 11.2. The summed E-state index contributed by atoms with van der Waals surface area (Å²) >= 11 is 0. The fraction of sp³-hybridized carbons (Fsp3) is 0.615. The lowest BCUT2D eigenvalue weighted by molar-refractivity contribution is -0.145. The number of nitrogens with zero attached hydrogens (tertiary/aromatic N) is 1. The Morgan fingerprint density at radius 1 is 1.45 bits per heavy atom. The summed E-state index contributed by atoms with van der Waals surface area (Å²) in [4.78, 5) is 13.2. The van der Waals surface area contributed by atoms with Gasteiger partial charge in [0.05, 0.1) is 5.56 Å². The van der Waals surface area contributed by atoms with Crippen LogP contribution in [0.3, 0.4) is 0 Å². The summed E-state index contributed by atoms with van der Waals surface area (Å²) in [6.07, 6.45) is -2.14. The van der Waals surface area contributed by atoms with E-state index in [-0.39, 0.29) is 11.6 Å². The Balaban J connectivity index is 2.18. The van der Waals surface area contributed by atoms with Gasteiger partial charge in [0.15, 0.2) is 0 Å². The van der Waals surface area contributed by atoms with E-state index in [4.69, 9.17) is 4.42 Å². The van der Waals surface area contributed by atoms with Crippen molar-refractivity contribution in [3.63, 3.8) is 0 Å². The quantitative estimate of drug-likeness (QED) is 0.929. The first kappa shape index (κ1) is 14.9. The normalized spacial score (nSPS) is 17.2. The first-order valence-corrected chi connectivity index (χ1v) is 6.50. The van der Waals surface area contributed by atoms with Crippen molar-refractivity contribution in [1.82, 2.24) is 10.2 Å². The van der Waals surface area contributed by atoms with Gasteiger partial charge in [-0.15, -0.1) is 0 Å². The molecule has 0 aromatic carbocycles. The van der Waals surface area contributed by atoms with Crippen LogP contribution in [0.1, 0.15) is 29.0 Å². The third kappa shape index (κ3) is 3.75. The average Bonchev–Trinajstić information content (AvgIpc) is 2.82. The number of carbonyl (C=O) groups excluding carboxylic acids is 1. The molecule has 7 heteroatoms. The van der Waals surface area contributed by atoms with Crippen molar-refractivity contribution in [2.75, 3.05) is 19.6 Å². The molecule has 4 nitrogen and oxygen atoms in total. The van der Waals surface area contributed by atoms with E-state index >= 15 is 0 Å². The molecule has 0 atom stereocenters. The fourth-order valence-corrected chi connectivity index (χ4v) is 2.40. The second-order valence-corrected chi connectivity index (χ2v) is 4.98. The summed E-state index contributed by atoms with van der Waals surface area (Å²) in [6.45, 7) is 1.67. The molecule has 0 aliphatic carbocycles. The van der Waals surface area contributed by atoms with Crippen LogP contribution in [-0.2, 0) is 0 Å². The van der Waals surface area contributed by atoms with Gasteiger partial charge in [-0.3, -0.25) is 4.79 Å². The molecule has 20 heavy (non-hydrogen) atoms. The smallest absolute Gasteiger partial charge is 0.406 e. The molecule has 0 saturated carbocycles. The number of hydrogen-bond acceptors (Lipinski definition) is 3. The molecule has 0 radical (unpaired) electrons. The average molecular weight is 290 g/mol. The highest BCUT2D eigenvalue weighted by Gasteiger charge is 2.37. The van der Waals surface area contributed by atoms with E-state index in [2.05, 4.69) is 5.32 Å². The Bertz CT molecular complexity index is 464. The zero-order chi connectivity index (χ0) is 14.8. The number of carbonyl (C=O) groups is 1. The van der Waals surface area contributed by atoms with Crippen LogP contribution < -0.4 is 5.32 Å². The maximum Gasteiger partial charge on any atom is 0.406 e. The molecule has 1 saturated heterocycles. The van der Waals surface area contributed by atoms with Crippen LogP contribution in [0.25, 0.3) is 0 Å². The van der Waals surface area contributed by atoms with Gasteiger partial charge in [0, 0.05) is 6.04 Å². The van der Waals surface area contributed by atoms with Crippen molar-refractivity contribution in [3.8, 4) is 0 Å². The van der Waals surface area contributed by atoms with Crippen LogP contribution in [0.2, 0.25) is 0 Å². The van der Waals surface area contributed by atoms with Gasteiger partial charge in [-0.05, 0) is 38.9 Å². The van der Waals surface area contributed by atoms with Crippen molar-refractivity contribution < 1.29 is 22.4 Å². The number of piperidine rings is 1. The Morgan fingerprint density at radius 3 is 2.60 bits per heavy atom. The molecule has 112 valence electrons. The first-order valence-electron chi connectivity index (χ1n) is 6.50. The largest absolute Gasteiger partial charge is 0.469 e. The number of furan rings is 1. The van der Waals surface area contributed by atoms with E-state index in [9.17, 15) is 18.0 Å². The summed E-state index contributed by atoms with van der Waals surface area (Å²) in [5, 5.41) is 3.08. The predicted octanol–water partition coefficient (Wildman–Crippen LogP) is 2.34. The van der Waals surface area contributed by atoms with E-state index < -0.39 is 18.6 Å². The number of rotatable bonds is 3. The summed E-state index contributed by atoms with van der Waals surface area (Å²) in [6, 6.07) is 1.08. The molecule has 2 heterocycles. The lowest BCUT2D eigenvalue weighted by Crippen LogP contribution is -2.49. The third-order valence-electron chi connectivity index (χ3n) is 3.34. The van der Waals surface area contributed by atoms with E-state index in [0.29, 0.717) is 31.7 Å². The summed E-state index contributed by atoms with van der Waals surface area (Å²) < 4.78 is 43.1. The highest BCUT2D eigenvalue weighted by atomic mass is 19.4. The van der Waals surface area contributed by atoms with E-state index in [1.165, 1.54) is 12.3 Å². The minimum absolute atomic E-state index is 0.172. The highest BCUT2D eigenvalue weighted by Crippen LogP contribution is 2.23. The Labute approximate surface area is 114 Å². The Kier molecular flexibility index (Phi) is 4.37. The van der Waals surface area contributed by atoms with Gasteiger partial charge >= 0.3 is 6.18 Å². The summed E-state index contributed by atoms with van der Waals surface area (Å²) in [5.74, 6) is -0.114. The van der Waals surface area contributed by atoms with E-state index in [1.54, 1.807) is 6.92 Å². The topological polar surface area (TPSA) is 45.5 Å². The van der Waals surface area contributed by atoms with Crippen LogP contribution in [0.5, 0.6) is 0 Å². The molecule has 1 fully saturated rings. The Hall–Kier alpha value is -1.50.